The largest absolute Gasteiger partial charge is 0.497 e. The molecule has 0 aliphatic carbocycles. The average molecular weight is 331 g/mol. The number of aromatic nitrogens is 1. The summed E-state index contributed by atoms with van der Waals surface area (Å²) in [4.78, 5) is 3.52. The summed E-state index contributed by atoms with van der Waals surface area (Å²) in [7, 11) is 1.65. The summed E-state index contributed by atoms with van der Waals surface area (Å²) in [5.74, 6) is 0.685. The summed E-state index contributed by atoms with van der Waals surface area (Å²) in [6.45, 7) is 10.4. The maximum atomic E-state index is 5.26. The van der Waals surface area contributed by atoms with E-state index in [0.717, 1.165) is 17.5 Å². The number of hydrogen-bond donors (Lipinski definition) is 1. The number of benzene rings is 2. The number of allylic oxidation sites excluding steroid dienone is 2. The quantitative estimate of drug-likeness (QED) is 0.566. The number of H-pyrrole nitrogens is 1. The lowest BCUT2D eigenvalue weighted by molar-refractivity contribution is 0.371. The van der Waals surface area contributed by atoms with Crippen LogP contribution in [0.3, 0.4) is 0 Å². The van der Waals surface area contributed by atoms with E-state index in [2.05, 4.69) is 80.9 Å². The molecule has 2 aromatic carbocycles. The van der Waals surface area contributed by atoms with Crippen LogP contribution in [-0.2, 0) is 11.2 Å². The van der Waals surface area contributed by atoms with Crippen molar-refractivity contribution in [2.24, 2.45) is 0 Å². The molecule has 0 spiro atoms. The predicted octanol–water partition coefficient (Wildman–Crippen LogP) is 6.05. The second-order valence-electron chi connectivity index (χ2n) is 6.42. The zero-order valence-corrected chi connectivity index (χ0v) is 15.4. The molecule has 0 aliphatic heterocycles. The molecule has 25 heavy (non-hydrogen) atoms. The van der Waals surface area contributed by atoms with Crippen molar-refractivity contribution >= 4 is 22.2 Å². The van der Waals surface area contributed by atoms with E-state index in [0.29, 0.717) is 5.76 Å². The van der Waals surface area contributed by atoms with Crippen LogP contribution in [0.15, 0.2) is 55.1 Å². The lowest BCUT2D eigenvalue weighted by Gasteiger charge is -2.11. The molecule has 1 aromatic heterocycles. The maximum absolute atomic E-state index is 5.26. The van der Waals surface area contributed by atoms with Gasteiger partial charge in [0.2, 0.25) is 0 Å². The molecule has 0 atom stereocenters. The molecule has 0 saturated heterocycles. The second-order valence-corrected chi connectivity index (χ2v) is 6.42. The van der Waals surface area contributed by atoms with Crippen molar-refractivity contribution in [1.29, 1.82) is 0 Å². The molecule has 0 bridgehead atoms. The van der Waals surface area contributed by atoms with Gasteiger partial charge in [-0.1, -0.05) is 49.1 Å². The van der Waals surface area contributed by atoms with Gasteiger partial charge in [0.25, 0.3) is 0 Å². The lowest BCUT2D eigenvalue weighted by Crippen LogP contribution is -1.94. The first-order valence-corrected chi connectivity index (χ1v) is 8.60. The van der Waals surface area contributed by atoms with Crippen LogP contribution in [0.2, 0.25) is 0 Å². The molecule has 0 aliphatic rings. The number of nitrogens with one attached hydrogen (secondary N) is 1. The van der Waals surface area contributed by atoms with Gasteiger partial charge in [-0.05, 0) is 49.1 Å². The third-order valence-corrected chi connectivity index (χ3v) is 4.89. The number of rotatable bonds is 5. The first-order chi connectivity index (χ1) is 12.0. The van der Waals surface area contributed by atoms with Gasteiger partial charge >= 0.3 is 0 Å². The van der Waals surface area contributed by atoms with E-state index in [1.165, 1.54) is 33.3 Å². The maximum Gasteiger partial charge on any atom is 0.118 e. The average Bonchev–Trinajstić information content (AvgIpc) is 2.94. The molecule has 0 fully saturated rings. The number of aromatic amines is 1. The van der Waals surface area contributed by atoms with Crippen LogP contribution in [0.4, 0.5) is 0 Å². The minimum absolute atomic E-state index is 0.685. The van der Waals surface area contributed by atoms with Crippen molar-refractivity contribution in [2.45, 2.75) is 27.2 Å². The monoisotopic (exact) mass is 331 g/mol. The van der Waals surface area contributed by atoms with Gasteiger partial charge in [-0.25, -0.2) is 0 Å². The molecular weight excluding hydrogens is 306 g/mol. The fourth-order valence-corrected chi connectivity index (χ4v) is 3.39. The minimum atomic E-state index is 0.685. The number of aryl methyl sites for hydroxylation is 2. The third kappa shape index (κ3) is 3.25. The molecule has 128 valence electrons. The lowest BCUT2D eigenvalue weighted by atomic mass is 9.93. The van der Waals surface area contributed by atoms with Gasteiger partial charge in [-0.15, -0.1) is 0 Å². The summed E-state index contributed by atoms with van der Waals surface area (Å²) in [6.07, 6.45) is 3.14. The Bertz CT molecular complexity index is 959. The van der Waals surface area contributed by atoms with Gasteiger partial charge in [0.15, 0.2) is 0 Å². The van der Waals surface area contributed by atoms with Crippen molar-refractivity contribution in [3.63, 3.8) is 0 Å². The molecule has 3 rings (SSSR count). The Hall–Kier alpha value is -2.74. The van der Waals surface area contributed by atoms with E-state index in [1.807, 2.05) is 0 Å². The highest BCUT2D eigenvalue weighted by Crippen LogP contribution is 2.30. The topological polar surface area (TPSA) is 25.0 Å². The molecule has 0 radical (unpaired) electrons. The van der Waals surface area contributed by atoms with Crippen molar-refractivity contribution in [3.05, 3.63) is 83.1 Å². The van der Waals surface area contributed by atoms with Crippen molar-refractivity contribution in [2.75, 3.05) is 7.11 Å². The Balaban J connectivity index is 2.02. The van der Waals surface area contributed by atoms with Crippen LogP contribution in [0.25, 0.3) is 22.2 Å². The van der Waals surface area contributed by atoms with Gasteiger partial charge in [-0.3, -0.25) is 0 Å². The van der Waals surface area contributed by atoms with Crippen LogP contribution in [-0.4, -0.2) is 12.1 Å². The zero-order valence-electron chi connectivity index (χ0n) is 15.4. The van der Waals surface area contributed by atoms with Crippen LogP contribution in [0.5, 0.6) is 0 Å². The highest BCUT2D eigenvalue weighted by molar-refractivity contribution is 5.89. The highest BCUT2D eigenvalue weighted by atomic mass is 16.5. The Kier molecular flexibility index (Phi) is 4.80. The molecule has 3 aromatic rings. The van der Waals surface area contributed by atoms with E-state index in [-0.39, 0.29) is 0 Å². The molecule has 0 unspecified atom stereocenters. The first kappa shape index (κ1) is 17.1. The van der Waals surface area contributed by atoms with E-state index in [4.69, 9.17) is 4.74 Å². The number of ether oxygens (including phenoxy) is 1. The van der Waals surface area contributed by atoms with Crippen molar-refractivity contribution < 1.29 is 4.74 Å². The summed E-state index contributed by atoms with van der Waals surface area (Å²) >= 11 is 0. The molecule has 2 nitrogen and oxygen atoms in total. The Morgan fingerprint density at radius 1 is 1.16 bits per heavy atom. The normalized spacial score (nSPS) is 11.8. The molecule has 0 saturated carbocycles. The highest BCUT2D eigenvalue weighted by Gasteiger charge is 2.13. The van der Waals surface area contributed by atoms with Gasteiger partial charge in [0, 0.05) is 28.6 Å². The third-order valence-electron chi connectivity index (χ3n) is 4.89. The van der Waals surface area contributed by atoms with Crippen molar-refractivity contribution in [1.82, 2.24) is 4.98 Å². The summed E-state index contributed by atoms with van der Waals surface area (Å²) in [6, 6.07) is 14.9. The van der Waals surface area contributed by atoms with E-state index in [9.17, 15) is 0 Å². The summed E-state index contributed by atoms with van der Waals surface area (Å²) in [5, 5.41) is 1.26. The minimum Gasteiger partial charge on any atom is -0.497 e. The van der Waals surface area contributed by atoms with Crippen LogP contribution < -0.4 is 0 Å². The molecule has 0 amide bonds. The summed E-state index contributed by atoms with van der Waals surface area (Å²) < 4.78 is 5.26. The number of fused-ring (bicyclic) bond motifs is 1. The van der Waals surface area contributed by atoms with E-state index < -0.39 is 0 Å². The summed E-state index contributed by atoms with van der Waals surface area (Å²) in [5.41, 5.74) is 8.68. The van der Waals surface area contributed by atoms with Gasteiger partial charge in [0.05, 0.1) is 7.11 Å². The Morgan fingerprint density at radius 3 is 2.60 bits per heavy atom. The first-order valence-electron chi connectivity index (χ1n) is 8.60. The van der Waals surface area contributed by atoms with Crippen LogP contribution in [0, 0.1) is 13.8 Å². The molecule has 1 heterocycles. The molecular formula is C23H25NO. The Labute approximate surface area is 149 Å². The standard InChI is InChI=1S/C23H25NO/c1-6-18(20-10-8-7-9-15(20)2)13-22-16(3)24-23-14-19(17(4)25-5)11-12-21(22)23/h6-12,14,24H,4,13H2,1-3,5H3/b18-6-. The molecule has 2 heteroatoms. The van der Waals surface area contributed by atoms with E-state index in [1.54, 1.807) is 7.11 Å². The fourth-order valence-electron chi connectivity index (χ4n) is 3.39. The van der Waals surface area contributed by atoms with Gasteiger partial charge in [-0.2, -0.15) is 0 Å². The van der Waals surface area contributed by atoms with Crippen LogP contribution in [0.1, 0.15) is 34.9 Å². The van der Waals surface area contributed by atoms with Crippen molar-refractivity contribution in [3.8, 4) is 0 Å². The van der Waals surface area contributed by atoms with Gasteiger partial charge in [0.1, 0.15) is 5.76 Å². The smallest absolute Gasteiger partial charge is 0.118 e. The zero-order chi connectivity index (χ0) is 18.0. The van der Waals surface area contributed by atoms with E-state index >= 15 is 0 Å². The SMILES string of the molecule is C=C(OC)c1ccc2c(C/C(=C/C)c3ccccc3C)c(C)[nH]c2c1. The number of methoxy groups -OCH3 is 1. The fraction of sp³-hybridized carbons (Fsp3) is 0.217. The molecule has 1 N–H and O–H groups in total. The predicted molar refractivity (Wildman–Crippen MR) is 108 cm³/mol. The second kappa shape index (κ2) is 7.02. The Morgan fingerprint density at radius 2 is 1.92 bits per heavy atom. The number of hydrogen-bond acceptors (Lipinski definition) is 1. The van der Waals surface area contributed by atoms with Crippen LogP contribution >= 0.6 is 0 Å². The van der Waals surface area contributed by atoms with Gasteiger partial charge < -0.3 is 9.72 Å².